The third kappa shape index (κ3) is 4.08. The Labute approximate surface area is 175 Å². The molecule has 3 rings (SSSR count). The van der Waals surface area contributed by atoms with E-state index in [1.807, 2.05) is 0 Å². The molecule has 1 heterocycles. The van der Waals surface area contributed by atoms with Crippen molar-refractivity contribution in [1.82, 2.24) is 0 Å². The maximum absolute atomic E-state index is 13.1. The topological polar surface area (TPSA) is 119 Å². The molecule has 30 heavy (non-hydrogen) atoms. The number of amides is 1. The van der Waals surface area contributed by atoms with Gasteiger partial charge in [-0.3, -0.25) is 9.52 Å². The average Bonchev–Trinajstić information content (AvgIpc) is 2.89. The van der Waals surface area contributed by atoms with E-state index in [1.54, 1.807) is 25.1 Å². The summed E-state index contributed by atoms with van der Waals surface area (Å²) in [4.78, 5) is 12.1. The maximum Gasteiger partial charge on any atom is 0.265 e. The molecule has 0 aromatic heterocycles. The van der Waals surface area contributed by atoms with E-state index in [-0.39, 0.29) is 34.4 Å². The third-order valence-electron chi connectivity index (χ3n) is 4.46. The van der Waals surface area contributed by atoms with Crippen LogP contribution in [0.5, 0.6) is 11.5 Å². The van der Waals surface area contributed by atoms with Gasteiger partial charge in [-0.05, 0) is 37.3 Å². The number of nitrogens with one attached hydrogen (secondary N) is 1. The van der Waals surface area contributed by atoms with Crippen molar-refractivity contribution >= 4 is 37.3 Å². The lowest BCUT2D eigenvalue weighted by Gasteiger charge is -2.19. The molecule has 0 saturated carbocycles. The van der Waals surface area contributed by atoms with Crippen LogP contribution in [0.25, 0.3) is 0 Å². The summed E-state index contributed by atoms with van der Waals surface area (Å²) in [6.07, 6.45) is 0. The van der Waals surface area contributed by atoms with Crippen LogP contribution in [0.2, 0.25) is 0 Å². The van der Waals surface area contributed by atoms with Crippen LogP contribution in [0.4, 0.5) is 11.4 Å². The summed E-state index contributed by atoms with van der Waals surface area (Å²) in [7, 11) is -6.69. The zero-order chi connectivity index (χ0) is 22.1. The first-order valence-electron chi connectivity index (χ1n) is 9.10. The van der Waals surface area contributed by atoms with Gasteiger partial charge in [0.05, 0.1) is 36.8 Å². The van der Waals surface area contributed by atoms with E-state index in [1.165, 1.54) is 32.2 Å². The molecular formula is C19H22N2O7S2. The van der Waals surface area contributed by atoms with E-state index >= 15 is 0 Å². The summed E-state index contributed by atoms with van der Waals surface area (Å²) in [5, 5.41) is 0. The number of carbonyl (C=O) groups is 1. The van der Waals surface area contributed by atoms with Gasteiger partial charge in [0.1, 0.15) is 16.4 Å². The van der Waals surface area contributed by atoms with Gasteiger partial charge in [-0.2, -0.15) is 0 Å². The first-order valence-corrected chi connectivity index (χ1v) is 12.2. The molecule has 1 saturated heterocycles. The highest BCUT2D eigenvalue weighted by molar-refractivity contribution is 7.94. The van der Waals surface area contributed by atoms with E-state index in [9.17, 15) is 21.6 Å². The van der Waals surface area contributed by atoms with Gasteiger partial charge in [0.25, 0.3) is 10.0 Å². The second kappa shape index (κ2) is 8.15. The predicted molar refractivity (Wildman–Crippen MR) is 112 cm³/mol. The van der Waals surface area contributed by atoms with E-state index in [2.05, 4.69) is 4.72 Å². The highest BCUT2D eigenvalue weighted by Crippen LogP contribution is 2.35. The number of rotatable bonds is 7. The molecule has 162 valence electrons. The van der Waals surface area contributed by atoms with Gasteiger partial charge in [-0.25, -0.2) is 21.1 Å². The molecule has 1 aliphatic heterocycles. The Morgan fingerprint density at radius 3 is 2.47 bits per heavy atom. The standard InChI is InChI=1S/C19H22N2O7S2/c1-4-28-17-10-9-14(21-19(22)13(2)12-29(21,23)24)11-18(17)30(25,26)20-15-7-5-6-8-16(15)27-3/h5-11,13,20H,4,12H2,1-3H3. The van der Waals surface area contributed by atoms with Gasteiger partial charge in [-0.1, -0.05) is 19.1 Å². The molecular weight excluding hydrogens is 432 g/mol. The summed E-state index contributed by atoms with van der Waals surface area (Å²) < 4.78 is 64.8. The second-order valence-corrected chi connectivity index (χ2v) is 10.2. The van der Waals surface area contributed by atoms with Crippen LogP contribution in [0.15, 0.2) is 47.4 Å². The highest BCUT2D eigenvalue weighted by Gasteiger charge is 2.42. The van der Waals surface area contributed by atoms with Crippen molar-refractivity contribution in [2.24, 2.45) is 5.92 Å². The number of benzene rings is 2. The fraction of sp³-hybridized carbons (Fsp3) is 0.316. The van der Waals surface area contributed by atoms with Crippen molar-refractivity contribution < 1.29 is 31.1 Å². The van der Waals surface area contributed by atoms with Gasteiger partial charge in [0.15, 0.2) is 0 Å². The number of methoxy groups -OCH3 is 1. The largest absolute Gasteiger partial charge is 0.495 e. The van der Waals surface area contributed by atoms with Crippen molar-refractivity contribution in [2.75, 3.05) is 28.5 Å². The minimum absolute atomic E-state index is 0.0285. The normalized spacial score (nSPS) is 18.3. The summed E-state index contributed by atoms with van der Waals surface area (Å²) in [6.45, 7) is 3.39. The minimum atomic E-state index is -4.21. The van der Waals surface area contributed by atoms with E-state index in [0.717, 1.165) is 6.07 Å². The Morgan fingerprint density at radius 2 is 1.87 bits per heavy atom. The van der Waals surface area contributed by atoms with Crippen LogP contribution in [0.3, 0.4) is 0 Å². The first-order chi connectivity index (χ1) is 14.1. The molecule has 0 radical (unpaired) electrons. The molecule has 1 fully saturated rings. The summed E-state index contributed by atoms with van der Waals surface area (Å²) in [5.74, 6) is -1.32. The first kappa shape index (κ1) is 21.9. The zero-order valence-electron chi connectivity index (χ0n) is 16.7. The number of carbonyl (C=O) groups excluding carboxylic acids is 1. The summed E-state index contributed by atoms with van der Waals surface area (Å²) in [6, 6.07) is 10.2. The number of hydrogen-bond donors (Lipinski definition) is 1. The summed E-state index contributed by atoms with van der Waals surface area (Å²) >= 11 is 0. The Hall–Kier alpha value is -2.79. The molecule has 1 unspecified atom stereocenters. The van der Waals surface area contributed by atoms with Crippen LogP contribution in [-0.2, 0) is 24.8 Å². The lowest BCUT2D eigenvalue weighted by atomic mass is 10.2. The molecule has 1 amide bonds. The molecule has 1 atom stereocenters. The molecule has 0 aliphatic carbocycles. The van der Waals surface area contributed by atoms with Gasteiger partial charge in [0.2, 0.25) is 15.9 Å². The number of ether oxygens (including phenoxy) is 2. The van der Waals surface area contributed by atoms with Crippen molar-refractivity contribution in [1.29, 1.82) is 0 Å². The highest BCUT2D eigenvalue weighted by atomic mass is 32.2. The molecule has 0 bridgehead atoms. The predicted octanol–water partition coefficient (Wildman–Crippen LogP) is 2.21. The molecule has 9 nitrogen and oxygen atoms in total. The van der Waals surface area contributed by atoms with Gasteiger partial charge in [-0.15, -0.1) is 0 Å². The second-order valence-electron chi connectivity index (χ2n) is 6.65. The molecule has 0 spiro atoms. The molecule has 1 N–H and O–H groups in total. The average molecular weight is 455 g/mol. The number of hydrogen-bond acceptors (Lipinski definition) is 7. The molecule has 2 aromatic rings. The fourth-order valence-corrected chi connectivity index (χ4v) is 6.17. The van der Waals surface area contributed by atoms with Gasteiger partial charge >= 0.3 is 0 Å². The van der Waals surface area contributed by atoms with Crippen molar-refractivity contribution in [3.8, 4) is 11.5 Å². The van der Waals surface area contributed by atoms with E-state index < -0.39 is 31.9 Å². The van der Waals surface area contributed by atoms with Crippen LogP contribution in [0.1, 0.15) is 13.8 Å². The molecule has 2 aromatic carbocycles. The van der Waals surface area contributed by atoms with Crippen molar-refractivity contribution in [3.05, 3.63) is 42.5 Å². The Morgan fingerprint density at radius 1 is 1.17 bits per heavy atom. The number of para-hydroxylation sites is 2. The van der Waals surface area contributed by atoms with Crippen LogP contribution in [-0.4, -0.2) is 42.2 Å². The number of nitrogens with zero attached hydrogens (tertiary/aromatic N) is 1. The van der Waals surface area contributed by atoms with Crippen molar-refractivity contribution in [3.63, 3.8) is 0 Å². The Kier molecular flexibility index (Phi) is 5.95. The zero-order valence-corrected chi connectivity index (χ0v) is 18.3. The van der Waals surface area contributed by atoms with Gasteiger partial charge in [0, 0.05) is 0 Å². The third-order valence-corrected chi connectivity index (χ3v) is 7.72. The van der Waals surface area contributed by atoms with Crippen LogP contribution < -0.4 is 18.5 Å². The van der Waals surface area contributed by atoms with Gasteiger partial charge < -0.3 is 9.47 Å². The van der Waals surface area contributed by atoms with Crippen LogP contribution >= 0.6 is 0 Å². The smallest absolute Gasteiger partial charge is 0.265 e. The monoisotopic (exact) mass is 454 g/mol. The van der Waals surface area contributed by atoms with E-state index in [0.29, 0.717) is 10.1 Å². The lowest BCUT2D eigenvalue weighted by Crippen LogP contribution is -2.30. The number of anilines is 2. The van der Waals surface area contributed by atoms with E-state index in [4.69, 9.17) is 9.47 Å². The SMILES string of the molecule is CCOc1ccc(N2C(=O)C(C)CS2(=O)=O)cc1S(=O)(=O)Nc1ccccc1OC. The Bertz CT molecular complexity index is 1180. The van der Waals surface area contributed by atoms with Crippen molar-refractivity contribution in [2.45, 2.75) is 18.7 Å². The molecule has 11 heteroatoms. The minimum Gasteiger partial charge on any atom is -0.495 e. The lowest BCUT2D eigenvalue weighted by molar-refractivity contribution is -0.119. The quantitative estimate of drug-likeness (QED) is 0.681. The summed E-state index contributed by atoms with van der Waals surface area (Å²) in [5.41, 5.74) is 0.138. The molecule has 1 aliphatic rings. The fourth-order valence-electron chi connectivity index (χ4n) is 3.12. The van der Waals surface area contributed by atoms with Crippen LogP contribution in [0, 0.1) is 5.92 Å². The number of sulfonamides is 2. The Balaban J connectivity index is 2.10. The maximum atomic E-state index is 13.1.